The zero-order chi connectivity index (χ0) is 7.72. The van der Waals surface area contributed by atoms with Gasteiger partial charge in [-0.15, -0.1) is 0 Å². The molecule has 3 heteroatoms. The van der Waals surface area contributed by atoms with Crippen LogP contribution in [0.4, 0.5) is 0 Å². The molecule has 1 aromatic heterocycles. The first kappa shape index (κ1) is 6.99. The smallest absolute Gasteiger partial charge is 0.289 e. The first-order chi connectivity index (χ1) is 4.63. The van der Waals surface area contributed by atoms with Gasteiger partial charge in [0.25, 0.3) is 6.33 Å². The Balaban J connectivity index is 3.34. The van der Waals surface area contributed by atoms with Gasteiger partial charge in [0.1, 0.15) is 5.69 Å². The summed E-state index contributed by atoms with van der Waals surface area (Å²) >= 11 is 0. The Labute approximate surface area is 59.9 Å². The molecule has 0 unspecified atom stereocenters. The molecule has 0 bridgehead atoms. The van der Waals surface area contributed by atoms with Crippen LogP contribution in [0, 0.1) is 26.0 Å². The average Bonchev–Trinajstić information content (AvgIpc) is 1.93. The molecule has 1 rings (SSSR count). The number of nitrogens with zero attached hydrogens (tertiary/aromatic N) is 2. The first-order valence-electron chi connectivity index (χ1n) is 3.15. The molecule has 1 heterocycles. The van der Waals surface area contributed by atoms with Crippen LogP contribution in [0.5, 0.6) is 0 Å². The second-order valence-corrected chi connectivity index (χ2v) is 2.37. The van der Waals surface area contributed by atoms with Gasteiger partial charge in [0.15, 0.2) is 5.69 Å². The van der Waals surface area contributed by atoms with Crippen molar-refractivity contribution in [3.63, 3.8) is 0 Å². The van der Waals surface area contributed by atoms with E-state index in [0.717, 1.165) is 21.7 Å². The summed E-state index contributed by atoms with van der Waals surface area (Å²) in [4.78, 5) is 3.89. The van der Waals surface area contributed by atoms with Crippen molar-refractivity contribution < 1.29 is 4.73 Å². The van der Waals surface area contributed by atoms with Gasteiger partial charge in [-0.1, -0.05) is 4.98 Å². The molecular formula is C7H10N2O. The molecule has 54 valence electrons. The van der Waals surface area contributed by atoms with Crippen molar-refractivity contribution in [1.29, 1.82) is 0 Å². The van der Waals surface area contributed by atoms with E-state index in [1.807, 2.05) is 13.8 Å². The number of aryl methyl sites for hydroxylation is 1. The van der Waals surface area contributed by atoms with E-state index in [9.17, 15) is 5.21 Å². The van der Waals surface area contributed by atoms with Gasteiger partial charge in [0, 0.05) is 12.5 Å². The summed E-state index contributed by atoms with van der Waals surface area (Å²) < 4.78 is 0.780. The summed E-state index contributed by atoms with van der Waals surface area (Å²) in [6, 6.07) is 0. The number of hydrogen-bond acceptors (Lipinski definition) is 2. The Morgan fingerprint density at radius 2 is 2.00 bits per heavy atom. The maximum absolute atomic E-state index is 10.8. The van der Waals surface area contributed by atoms with Crippen LogP contribution in [-0.4, -0.2) is 4.98 Å². The number of rotatable bonds is 0. The van der Waals surface area contributed by atoms with Crippen LogP contribution >= 0.6 is 0 Å². The third-order valence-corrected chi connectivity index (χ3v) is 1.77. The highest BCUT2D eigenvalue weighted by Gasteiger charge is 2.04. The molecule has 0 atom stereocenters. The van der Waals surface area contributed by atoms with E-state index in [0.29, 0.717) is 0 Å². The molecule has 0 saturated carbocycles. The van der Waals surface area contributed by atoms with E-state index in [-0.39, 0.29) is 0 Å². The summed E-state index contributed by atoms with van der Waals surface area (Å²) in [7, 11) is 0. The Morgan fingerprint density at radius 1 is 1.40 bits per heavy atom. The van der Waals surface area contributed by atoms with E-state index in [2.05, 4.69) is 4.98 Å². The second kappa shape index (κ2) is 2.25. The molecular weight excluding hydrogens is 128 g/mol. The zero-order valence-corrected chi connectivity index (χ0v) is 6.38. The minimum Gasteiger partial charge on any atom is -0.711 e. The molecule has 0 aliphatic heterocycles. The van der Waals surface area contributed by atoms with E-state index >= 15 is 0 Å². The standard InChI is InChI=1S/C7H10N2O/c1-5-6(2)8-4-9(10)7(5)3/h4H,1-3H3. The predicted octanol–water partition coefficient (Wildman–Crippen LogP) is 0.640. The van der Waals surface area contributed by atoms with Crippen molar-refractivity contribution in [1.82, 2.24) is 4.98 Å². The monoisotopic (exact) mass is 138 g/mol. The van der Waals surface area contributed by atoms with Crippen molar-refractivity contribution in [2.24, 2.45) is 0 Å². The Morgan fingerprint density at radius 3 is 2.50 bits per heavy atom. The summed E-state index contributed by atoms with van der Waals surface area (Å²) in [5.41, 5.74) is 2.62. The van der Waals surface area contributed by atoms with Crippen LogP contribution in [0.2, 0.25) is 0 Å². The van der Waals surface area contributed by atoms with Crippen molar-refractivity contribution in [3.8, 4) is 0 Å². The van der Waals surface area contributed by atoms with Crippen molar-refractivity contribution in [2.45, 2.75) is 20.8 Å². The van der Waals surface area contributed by atoms with Gasteiger partial charge < -0.3 is 5.21 Å². The van der Waals surface area contributed by atoms with Gasteiger partial charge in [-0.3, -0.25) is 0 Å². The Hall–Kier alpha value is -1.12. The van der Waals surface area contributed by atoms with E-state index in [1.54, 1.807) is 6.92 Å². The molecule has 0 N–H and O–H groups in total. The van der Waals surface area contributed by atoms with Crippen LogP contribution in [0.15, 0.2) is 6.33 Å². The molecule has 0 amide bonds. The summed E-state index contributed by atoms with van der Waals surface area (Å²) in [6.07, 6.45) is 1.29. The van der Waals surface area contributed by atoms with Crippen LogP contribution in [0.3, 0.4) is 0 Å². The van der Waals surface area contributed by atoms with Crippen LogP contribution < -0.4 is 4.73 Å². The topological polar surface area (TPSA) is 39.8 Å². The molecule has 0 saturated heterocycles. The van der Waals surface area contributed by atoms with Crippen LogP contribution in [0.1, 0.15) is 17.0 Å². The molecule has 0 spiro atoms. The fourth-order valence-electron chi connectivity index (χ4n) is 0.750. The summed E-state index contributed by atoms with van der Waals surface area (Å²) in [5, 5.41) is 10.8. The van der Waals surface area contributed by atoms with Crippen LogP contribution in [0.25, 0.3) is 0 Å². The van der Waals surface area contributed by atoms with E-state index in [4.69, 9.17) is 0 Å². The highest BCUT2D eigenvalue weighted by Crippen LogP contribution is 2.02. The molecule has 0 aromatic carbocycles. The van der Waals surface area contributed by atoms with Gasteiger partial charge >= 0.3 is 0 Å². The third-order valence-electron chi connectivity index (χ3n) is 1.77. The molecule has 3 nitrogen and oxygen atoms in total. The van der Waals surface area contributed by atoms with Gasteiger partial charge in [-0.25, -0.2) is 4.73 Å². The maximum Gasteiger partial charge on any atom is 0.289 e. The lowest BCUT2D eigenvalue weighted by molar-refractivity contribution is -0.616. The van der Waals surface area contributed by atoms with Gasteiger partial charge in [0.2, 0.25) is 0 Å². The van der Waals surface area contributed by atoms with Gasteiger partial charge in [0.05, 0.1) is 0 Å². The largest absolute Gasteiger partial charge is 0.711 e. The minimum atomic E-state index is 0.729. The quantitative estimate of drug-likeness (QED) is 0.390. The molecule has 0 aliphatic rings. The third kappa shape index (κ3) is 0.943. The van der Waals surface area contributed by atoms with Gasteiger partial charge in [-0.05, 0) is 13.8 Å². The fourth-order valence-corrected chi connectivity index (χ4v) is 0.750. The summed E-state index contributed by atoms with van der Waals surface area (Å²) in [6.45, 7) is 5.57. The maximum atomic E-state index is 10.8. The lowest BCUT2D eigenvalue weighted by atomic mass is 10.2. The summed E-state index contributed by atoms with van der Waals surface area (Å²) in [5.74, 6) is 0. The first-order valence-corrected chi connectivity index (χ1v) is 3.15. The number of hydrogen-bond donors (Lipinski definition) is 0. The van der Waals surface area contributed by atoms with Crippen molar-refractivity contribution in [3.05, 3.63) is 28.5 Å². The Bertz CT molecular complexity index is 231. The SMILES string of the molecule is Cc1nc[n+]([O-])c(C)c1C. The minimum absolute atomic E-state index is 0.729. The molecule has 10 heavy (non-hydrogen) atoms. The number of aromatic nitrogens is 2. The Kier molecular flexibility index (Phi) is 1.57. The highest BCUT2D eigenvalue weighted by atomic mass is 16.5. The lowest BCUT2D eigenvalue weighted by Crippen LogP contribution is -2.31. The highest BCUT2D eigenvalue weighted by molar-refractivity contribution is 5.16. The molecule has 0 radical (unpaired) electrons. The van der Waals surface area contributed by atoms with E-state index < -0.39 is 0 Å². The lowest BCUT2D eigenvalue weighted by Gasteiger charge is -2.05. The van der Waals surface area contributed by atoms with Gasteiger partial charge in [-0.2, -0.15) is 0 Å². The predicted molar refractivity (Wildman–Crippen MR) is 37.4 cm³/mol. The second-order valence-electron chi connectivity index (χ2n) is 2.37. The average molecular weight is 138 g/mol. The van der Waals surface area contributed by atoms with Crippen LogP contribution in [-0.2, 0) is 0 Å². The van der Waals surface area contributed by atoms with E-state index in [1.165, 1.54) is 6.33 Å². The fraction of sp³-hybridized carbons (Fsp3) is 0.429. The molecule has 0 fully saturated rings. The molecule has 0 aliphatic carbocycles. The zero-order valence-electron chi connectivity index (χ0n) is 6.38. The normalized spacial score (nSPS) is 9.90. The van der Waals surface area contributed by atoms with Crippen molar-refractivity contribution in [2.75, 3.05) is 0 Å². The molecule has 1 aromatic rings. The van der Waals surface area contributed by atoms with Crippen molar-refractivity contribution >= 4 is 0 Å².